The predicted octanol–water partition coefficient (Wildman–Crippen LogP) is 7.30. The fourth-order valence-electron chi connectivity index (χ4n) is 3.33. The molecule has 0 radical (unpaired) electrons. The van der Waals surface area contributed by atoms with Crippen molar-refractivity contribution in [1.29, 1.82) is 0 Å². The second kappa shape index (κ2) is 10.1. The van der Waals surface area contributed by atoms with Crippen molar-refractivity contribution in [3.63, 3.8) is 0 Å². The first-order valence-electron chi connectivity index (χ1n) is 10.3. The van der Waals surface area contributed by atoms with E-state index in [1.807, 2.05) is 6.92 Å². The van der Waals surface area contributed by atoms with Gasteiger partial charge < -0.3 is 9.47 Å². The van der Waals surface area contributed by atoms with Gasteiger partial charge >= 0.3 is 0 Å². The van der Waals surface area contributed by atoms with E-state index in [0.717, 1.165) is 31.8 Å². The Hall–Kier alpha value is -2.58. The summed E-state index contributed by atoms with van der Waals surface area (Å²) in [4.78, 5) is 0. The number of ether oxygens (including phenoxy) is 2. The van der Waals surface area contributed by atoms with Crippen LogP contribution in [0.25, 0.3) is 22.3 Å². The van der Waals surface area contributed by atoms with Gasteiger partial charge in [-0.2, -0.15) is 0 Å². The monoisotopic (exact) mass is 374 g/mol. The molecule has 0 aliphatic carbocycles. The smallest absolute Gasteiger partial charge is 0.119 e. The molecule has 2 nitrogen and oxygen atoms in total. The summed E-state index contributed by atoms with van der Waals surface area (Å²) in [6.07, 6.45) is 2.35. The average Bonchev–Trinajstić information content (AvgIpc) is 2.75. The van der Waals surface area contributed by atoms with Gasteiger partial charge in [0.15, 0.2) is 0 Å². The molecule has 0 spiro atoms. The van der Waals surface area contributed by atoms with Crippen LogP contribution in [-0.2, 0) is 4.74 Å². The summed E-state index contributed by atoms with van der Waals surface area (Å²) in [5.41, 5.74) is 6.08. The maximum absolute atomic E-state index is 5.80. The molecule has 3 aromatic carbocycles. The summed E-state index contributed by atoms with van der Waals surface area (Å²) < 4.78 is 11.5. The van der Waals surface area contributed by atoms with Gasteiger partial charge in [-0.3, -0.25) is 0 Å². The van der Waals surface area contributed by atoms with Crippen LogP contribution in [0, 0.1) is 0 Å². The van der Waals surface area contributed by atoms with Crippen LogP contribution < -0.4 is 4.74 Å². The molecule has 0 aliphatic rings. The molecule has 0 heterocycles. The van der Waals surface area contributed by atoms with Crippen molar-refractivity contribution >= 4 is 0 Å². The van der Waals surface area contributed by atoms with E-state index < -0.39 is 0 Å². The first-order chi connectivity index (χ1) is 13.7. The van der Waals surface area contributed by atoms with Crippen molar-refractivity contribution in [2.75, 3.05) is 13.2 Å². The lowest BCUT2D eigenvalue weighted by Gasteiger charge is -2.14. The molecule has 0 amide bonds. The molecule has 0 aromatic heterocycles. The molecule has 3 rings (SSSR count). The van der Waals surface area contributed by atoms with Gasteiger partial charge in [-0.25, -0.2) is 0 Å². The van der Waals surface area contributed by atoms with Gasteiger partial charge in [0.25, 0.3) is 0 Å². The summed E-state index contributed by atoms with van der Waals surface area (Å²) in [5.74, 6) is 0.934. The minimum Gasteiger partial charge on any atom is -0.494 e. The number of benzene rings is 3. The minimum atomic E-state index is 0.120. The Morgan fingerprint density at radius 2 is 1.32 bits per heavy atom. The Morgan fingerprint density at radius 1 is 0.750 bits per heavy atom. The number of unbranched alkanes of at least 4 members (excludes halogenated alkanes) is 1. The van der Waals surface area contributed by atoms with Crippen LogP contribution in [0.4, 0.5) is 0 Å². The first kappa shape index (κ1) is 20.2. The van der Waals surface area contributed by atoms with E-state index in [9.17, 15) is 0 Å². The van der Waals surface area contributed by atoms with Crippen LogP contribution >= 0.6 is 0 Å². The van der Waals surface area contributed by atoms with Crippen LogP contribution in [0.5, 0.6) is 5.75 Å². The maximum Gasteiger partial charge on any atom is 0.119 e. The lowest BCUT2D eigenvalue weighted by Crippen LogP contribution is -1.99. The Labute approximate surface area is 169 Å². The molecule has 3 aromatic rings. The standard InChI is InChI=1S/C26H30O2/c1-4-6-19-28-24-17-15-23(16-18-24)26-10-8-7-9-25(26)22-13-11-21(12-14-22)20(3)27-5-2/h7-18,20H,4-6,19H2,1-3H3. The minimum absolute atomic E-state index is 0.120. The van der Waals surface area contributed by atoms with Crippen molar-refractivity contribution < 1.29 is 9.47 Å². The van der Waals surface area contributed by atoms with Crippen molar-refractivity contribution in [2.45, 2.75) is 39.7 Å². The van der Waals surface area contributed by atoms with Crippen LogP contribution in [0.1, 0.15) is 45.3 Å². The third-order valence-electron chi connectivity index (χ3n) is 4.97. The summed E-state index contributed by atoms with van der Waals surface area (Å²) in [6.45, 7) is 7.80. The highest BCUT2D eigenvalue weighted by Crippen LogP contribution is 2.33. The molecule has 1 atom stereocenters. The van der Waals surface area contributed by atoms with Gasteiger partial charge in [0.05, 0.1) is 12.7 Å². The average molecular weight is 375 g/mol. The Kier molecular flexibility index (Phi) is 7.27. The van der Waals surface area contributed by atoms with Gasteiger partial charge in [0, 0.05) is 6.61 Å². The van der Waals surface area contributed by atoms with Crippen LogP contribution in [0.15, 0.2) is 72.8 Å². The summed E-state index contributed by atoms with van der Waals surface area (Å²) in [6, 6.07) is 25.7. The van der Waals surface area contributed by atoms with Gasteiger partial charge in [-0.15, -0.1) is 0 Å². The van der Waals surface area contributed by atoms with Crippen LogP contribution in [0.3, 0.4) is 0 Å². The number of rotatable bonds is 9. The molecular formula is C26H30O2. The third-order valence-corrected chi connectivity index (χ3v) is 4.97. The zero-order chi connectivity index (χ0) is 19.8. The largest absolute Gasteiger partial charge is 0.494 e. The van der Waals surface area contributed by atoms with Crippen molar-refractivity contribution in [1.82, 2.24) is 0 Å². The fraction of sp³-hybridized carbons (Fsp3) is 0.308. The van der Waals surface area contributed by atoms with E-state index in [0.29, 0.717) is 0 Å². The lowest BCUT2D eigenvalue weighted by atomic mass is 9.94. The van der Waals surface area contributed by atoms with Gasteiger partial charge in [-0.1, -0.05) is 74.0 Å². The molecule has 0 N–H and O–H groups in total. The van der Waals surface area contributed by atoms with Crippen molar-refractivity contribution in [2.24, 2.45) is 0 Å². The van der Waals surface area contributed by atoms with E-state index in [2.05, 4.69) is 86.6 Å². The van der Waals surface area contributed by atoms with Crippen molar-refractivity contribution in [3.8, 4) is 28.0 Å². The lowest BCUT2D eigenvalue weighted by molar-refractivity contribution is 0.0764. The molecule has 0 saturated heterocycles. The number of hydrogen-bond donors (Lipinski definition) is 0. The molecular weight excluding hydrogens is 344 g/mol. The van der Waals surface area contributed by atoms with E-state index in [1.165, 1.54) is 27.8 Å². The molecule has 146 valence electrons. The van der Waals surface area contributed by atoms with Gasteiger partial charge in [0.2, 0.25) is 0 Å². The maximum atomic E-state index is 5.80. The Balaban J connectivity index is 1.83. The summed E-state index contributed by atoms with van der Waals surface area (Å²) in [5, 5.41) is 0. The summed E-state index contributed by atoms with van der Waals surface area (Å²) in [7, 11) is 0. The molecule has 28 heavy (non-hydrogen) atoms. The molecule has 0 bridgehead atoms. The molecule has 2 heteroatoms. The molecule has 0 fully saturated rings. The molecule has 1 unspecified atom stereocenters. The SMILES string of the molecule is CCCCOc1ccc(-c2ccccc2-c2ccc(C(C)OCC)cc2)cc1. The van der Waals surface area contributed by atoms with E-state index in [1.54, 1.807) is 0 Å². The van der Waals surface area contributed by atoms with Crippen LogP contribution in [-0.4, -0.2) is 13.2 Å². The Bertz CT molecular complexity index is 850. The quantitative estimate of drug-likeness (QED) is 0.366. The first-order valence-corrected chi connectivity index (χ1v) is 10.3. The highest BCUT2D eigenvalue weighted by Gasteiger charge is 2.09. The van der Waals surface area contributed by atoms with E-state index >= 15 is 0 Å². The highest BCUT2D eigenvalue weighted by molar-refractivity contribution is 5.83. The van der Waals surface area contributed by atoms with Crippen molar-refractivity contribution in [3.05, 3.63) is 78.4 Å². The fourth-order valence-corrected chi connectivity index (χ4v) is 3.33. The third kappa shape index (κ3) is 5.02. The summed E-state index contributed by atoms with van der Waals surface area (Å²) >= 11 is 0. The molecule has 0 saturated carbocycles. The second-order valence-corrected chi connectivity index (χ2v) is 6.99. The topological polar surface area (TPSA) is 18.5 Å². The van der Waals surface area contributed by atoms with Gasteiger partial charge in [0.1, 0.15) is 5.75 Å². The number of hydrogen-bond acceptors (Lipinski definition) is 2. The molecule has 0 aliphatic heterocycles. The zero-order valence-electron chi connectivity index (χ0n) is 17.2. The second-order valence-electron chi connectivity index (χ2n) is 6.99. The van der Waals surface area contributed by atoms with Gasteiger partial charge in [-0.05, 0) is 60.2 Å². The Morgan fingerprint density at radius 3 is 1.86 bits per heavy atom. The zero-order valence-corrected chi connectivity index (χ0v) is 17.2. The highest BCUT2D eigenvalue weighted by atomic mass is 16.5. The van der Waals surface area contributed by atoms with E-state index in [4.69, 9.17) is 9.47 Å². The predicted molar refractivity (Wildman–Crippen MR) is 118 cm³/mol. The van der Waals surface area contributed by atoms with E-state index in [-0.39, 0.29) is 6.10 Å². The van der Waals surface area contributed by atoms with Crippen LogP contribution in [0.2, 0.25) is 0 Å². The normalized spacial score (nSPS) is 12.0.